The first-order valence-corrected chi connectivity index (χ1v) is 10.0. The molecule has 0 atom stereocenters. The lowest BCUT2D eigenvalue weighted by atomic mass is 10.1. The van der Waals surface area contributed by atoms with Crippen molar-refractivity contribution in [3.8, 4) is 21.8 Å². The normalized spacial score (nSPS) is 10.6. The number of thiazole rings is 1. The Hall–Kier alpha value is -3.24. The summed E-state index contributed by atoms with van der Waals surface area (Å²) in [5, 5.41) is 6.04. The third-order valence-electron chi connectivity index (χ3n) is 4.41. The predicted octanol–water partition coefficient (Wildman–Crippen LogP) is 5.97. The van der Waals surface area contributed by atoms with Gasteiger partial charge in [-0.1, -0.05) is 72.3 Å². The van der Waals surface area contributed by atoms with E-state index in [1.54, 1.807) is 11.3 Å². The maximum atomic E-state index is 12.4. The van der Waals surface area contributed by atoms with Gasteiger partial charge in [-0.2, -0.15) is 0 Å². The van der Waals surface area contributed by atoms with Crippen LogP contribution in [0.25, 0.3) is 21.8 Å². The largest absolute Gasteiger partial charge is 0.326 e. The van der Waals surface area contributed by atoms with Gasteiger partial charge in [-0.05, 0) is 24.6 Å². The third kappa shape index (κ3) is 4.35. The van der Waals surface area contributed by atoms with Gasteiger partial charge < -0.3 is 5.32 Å². The molecule has 0 bridgehead atoms. The fourth-order valence-corrected chi connectivity index (χ4v) is 3.92. The number of amides is 1. The van der Waals surface area contributed by atoms with Crippen LogP contribution in [0.5, 0.6) is 0 Å². The Labute approximate surface area is 168 Å². The zero-order chi connectivity index (χ0) is 19.3. The molecule has 1 N–H and O–H groups in total. The molecule has 138 valence electrons. The van der Waals surface area contributed by atoms with Gasteiger partial charge in [-0.15, -0.1) is 11.3 Å². The summed E-state index contributed by atoms with van der Waals surface area (Å²) in [6, 6.07) is 26.0. The lowest BCUT2D eigenvalue weighted by molar-refractivity contribution is -0.115. The van der Waals surface area contributed by atoms with Gasteiger partial charge in [0.15, 0.2) is 0 Å². The van der Waals surface area contributed by atoms with Crippen molar-refractivity contribution in [2.45, 2.75) is 13.3 Å². The van der Waals surface area contributed by atoms with Crippen LogP contribution >= 0.6 is 11.3 Å². The van der Waals surface area contributed by atoms with Gasteiger partial charge in [0.1, 0.15) is 5.01 Å². The van der Waals surface area contributed by atoms with Crippen LogP contribution in [0.3, 0.4) is 0 Å². The molecule has 1 amide bonds. The van der Waals surface area contributed by atoms with E-state index < -0.39 is 0 Å². The van der Waals surface area contributed by atoms with Gasteiger partial charge in [0, 0.05) is 22.2 Å². The molecule has 28 heavy (non-hydrogen) atoms. The van der Waals surface area contributed by atoms with Gasteiger partial charge >= 0.3 is 0 Å². The minimum atomic E-state index is -0.0222. The highest BCUT2D eigenvalue weighted by atomic mass is 32.1. The van der Waals surface area contributed by atoms with Crippen molar-refractivity contribution in [1.29, 1.82) is 0 Å². The number of nitrogens with zero attached hydrogens (tertiary/aromatic N) is 1. The monoisotopic (exact) mass is 384 g/mol. The maximum Gasteiger partial charge on any atom is 0.228 e. The highest BCUT2D eigenvalue weighted by Crippen LogP contribution is 2.29. The number of benzene rings is 3. The molecule has 4 heteroatoms. The molecular formula is C24H20N2OS. The number of aromatic nitrogens is 1. The van der Waals surface area contributed by atoms with Crippen molar-refractivity contribution >= 4 is 22.9 Å². The van der Waals surface area contributed by atoms with Crippen LogP contribution in [0.15, 0.2) is 84.2 Å². The summed E-state index contributed by atoms with van der Waals surface area (Å²) in [6.07, 6.45) is 0.362. The van der Waals surface area contributed by atoms with Crippen molar-refractivity contribution in [3.05, 3.63) is 95.4 Å². The second-order valence-corrected chi connectivity index (χ2v) is 7.56. The first kappa shape index (κ1) is 18.1. The Morgan fingerprint density at radius 1 is 0.929 bits per heavy atom. The number of hydrogen-bond donors (Lipinski definition) is 1. The topological polar surface area (TPSA) is 42.0 Å². The Bertz CT molecular complexity index is 1100. The summed E-state index contributed by atoms with van der Waals surface area (Å²) in [7, 11) is 0. The molecule has 0 aliphatic rings. The number of hydrogen-bond acceptors (Lipinski definition) is 3. The highest BCUT2D eigenvalue weighted by molar-refractivity contribution is 7.13. The quantitative estimate of drug-likeness (QED) is 0.461. The van der Waals surface area contributed by atoms with Crippen LogP contribution < -0.4 is 5.32 Å². The molecule has 0 saturated carbocycles. The molecule has 1 aromatic heterocycles. The first-order valence-electron chi connectivity index (χ1n) is 9.14. The molecule has 3 nitrogen and oxygen atoms in total. The summed E-state index contributed by atoms with van der Waals surface area (Å²) in [5.74, 6) is -0.0222. The molecule has 1 heterocycles. The van der Waals surface area contributed by atoms with Crippen LogP contribution in [0.4, 0.5) is 5.69 Å². The zero-order valence-electron chi connectivity index (χ0n) is 15.6. The average Bonchev–Trinajstić information content (AvgIpc) is 3.19. The number of aryl methyl sites for hydroxylation is 1. The second kappa shape index (κ2) is 8.19. The van der Waals surface area contributed by atoms with Crippen molar-refractivity contribution in [1.82, 2.24) is 4.98 Å². The lowest BCUT2D eigenvalue weighted by Crippen LogP contribution is -2.14. The number of carbonyl (C=O) groups excluding carboxylic acids is 1. The van der Waals surface area contributed by atoms with Crippen molar-refractivity contribution in [2.75, 3.05) is 5.32 Å². The van der Waals surface area contributed by atoms with Crippen LogP contribution in [0.2, 0.25) is 0 Å². The fraction of sp³-hybridized carbons (Fsp3) is 0.0833. The molecule has 3 aromatic carbocycles. The molecule has 0 saturated heterocycles. The second-order valence-electron chi connectivity index (χ2n) is 6.70. The number of rotatable bonds is 5. The van der Waals surface area contributed by atoms with Gasteiger partial charge in [0.25, 0.3) is 0 Å². The van der Waals surface area contributed by atoms with E-state index in [1.807, 2.05) is 73.7 Å². The summed E-state index contributed by atoms with van der Waals surface area (Å²) < 4.78 is 0. The van der Waals surface area contributed by atoms with Gasteiger partial charge in [-0.25, -0.2) is 4.98 Å². The first-order chi connectivity index (χ1) is 13.7. The molecule has 0 fully saturated rings. The average molecular weight is 385 g/mol. The summed E-state index contributed by atoms with van der Waals surface area (Å²) in [5.41, 5.74) is 5.97. The minimum Gasteiger partial charge on any atom is -0.326 e. The van der Waals surface area contributed by atoms with E-state index in [-0.39, 0.29) is 5.91 Å². The van der Waals surface area contributed by atoms with Gasteiger partial charge in [-0.3, -0.25) is 4.79 Å². The minimum absolute atomic E-state index is 0.0222. The number of nitrogens with one attached hydrogen (secondary N) is 1. The smallest absolute Gasteiger partial charge is 0.228 e. The van der Waals surface area contributed by atoms with E-state index in [9.17, 15) is 4.79 Å². The Morgan fingerprint density at radius 2 is 1.71 bits per heavy atom. The van der Waals surface area contributed by atoms with E-state index in [4.69, 9.17) is 4.98 Å². The summed E-state index contributed by atoms with van der Waals surface area (Å²) in [6.45, 7) is 2.03. The Balaban J connectivity index is 1.49. The number of carbonyl (C=O) groups is 1. The van der Waals surface area contributed by atoms with E-state index in [2.05, 4.69) is 22.8 Å². The van der Waals surface area contributed by atoms with Crippen molar-refractivity contribution in [2.24, 2.45) is 0 Å². The maximum absolute atomic E-state index is 12.4. The van der Waals surface area contributed by atoms with E-state index in [1.165, 1.54) is 0 Å². The molecule has 0 aliphatic heterocycles. The van der Waals surface area contributed by atoms with E-state index >= 15 is 0 Å². The lowest BCUT2D eigenvalue weighted by Gasteiger charge is -2.07. The van der Waals surface area contributed by atoms with Crippen LogP contribution in [-0.2, 0) is 11.2 Å². The Kier molecular flexibility index (Phi) is 5.31. The molecule has 4 aromatic rings. The van der Waals surface area contributed by atoms with Crippen molar-refractivity contribution < 1.29 is 4.79 Å². The van der Waals surface area contributed by atoms with Crippen molar-refractivity contribution in [3.63, 3.8) is 0 Å². The van der Waals surface area contributed by atoms with Crippen LogP contribution in [0, 0.1) is 6.92 Å². The molecule has 0 radical (unpaired) electrons. The van der Waals surface area contributed by atoms with Crippen LogP contribution in [-0.4, -0.2) is 10.9 Å². The third-order valence-corrected chi connectivity index (χ3v) is 5.31. The molecule has 0 unspecified atom stereocenters. The molecule has 4 rings (SSSR count). The standard InChI is InChI=1S/C24H20N2OS/c1-17-7-5-8-18(13-17)14-23(27)25-21-12-6-11-20(15-21)22-16-28-24(26-22)19-9-3-2-4-10-19/h2-13,15-16H,14H2,1H3,(H,25,27). The van der Waals surface area contributed by atoms with Gasteiger partial charge in [0.05, 0.1) is 12.1 Å². The fourth-order valence-electron chi connectivity index (χ4n) is 3.09. The molecule has 0 aliphatic carbocycles. The highest BCUT2D eigenvalue weighted by Gasteiger charge is 2.09. The number of anilines is 1. The van der Waals surface area contributed by atoms with E-state index in [0.29, 0.717) is 6.42 Å². The van der Waals surface area contributed by atoms with Gasteiger partial charge in [0.2, 0.25) is 5.91 Å². The SMILES string of the molecule is Cc1cccc(CC(=O)Nc2cccc(-c3csc(-c4ccccc4)n3)c2)c1. The van der Waals surface area contributed by atoms with E-state index in [0.717, 1.165) is 38.6 Å². The Morgan fingerprint density at radius 3 is 2.54 bits per heavy atom. The molecular weight excluding hydrogens is 364 g/mol. The summed E-state index contributed by atoms with van der Waals surface area (Å²) in [4.78, 5) is 17.2. The van der Waals surface area contributed by atoms with Crippen LogP contribution in [0.1, 0.15) is 11.1 Å². The zero-order valence-corrected chi connectivity index (χ0v) is 16.4. The molecule has 0 spiro atoms. The predicted molar refractivity (Wildman–Crippen MR) is 116 cm³/mol. The summed E-state index contributed by atoms with van der Waals surface area (Å²) >= 11 is 1.62.